The summed E-state index contributed by atoms with van der Waals surface area (Å²) in [6.45, 7) is 0.667. The van der Waals surface area contributed by atoms with Crippen molar-refractivity contribution >= 4 is 5.78 Å². The Morgan fingerprint density at radius 3 is 2.72 bits per heavy atom. The van der Waals surface area contributed by atoms with E-state index in [0.29, 0.717) is 18.8 Å². The maximum absolute atomic E-state index is 11.9. The fourth-order valence-corrected chi connectivity index (χ4v) is 1.93. The van der Waals surface area contributed by atoms with Crippen molar-refractivity contribution in [2.75, 3.05) is 13.7 Å². The van der Waals surface area contributed by atoms with Crippen molar-refractivity contribution in [1.29, 1.82) is 0 Å². The molecule has 0 aromatic heterocycles. The molecule has 18 heavy (non-hydrogen) atoms. The van der Waals surface area contributed by atoms with E-state index in [9.17, 15) is 4.79 Å². The average molecular weight is 246 g/mol. The minimum atomic E-state index is 0.102. The average Bonchev–Trinajstić information content (AvgIpc) is 2.46. The van der Waals surface area contributed by atoms with Crippen molar-refractivity contribution in [2.24, 2.45) is 0 Å². The van der Waals surface area contributed by atoms with E-state index < -0.39 is 0 Å². The second kappa shape index (κ2) is 6.24. The molecule has 2 rings (SSSR count). The molecule has 0 saturated heterocycles. The van der Waals surface area contributed by atoms with Crippen LogP contribution in [0.2, 0.25) is 0 Å². The van der Waals surface area contributed by atoms with E-state index in [2.05, 4.69) is 0 Å². The van der Waals surface area contributed by atoms with Crippen molar-refractivity contribution in [3.63, 3.8) is 0 Å². The molecule has 0 unspecified atom stereocenters. The zero-order valence-corrected chi connectivity index (χ0v) is 10.6. The molecule has 1 aliphatic heterocycles. The van der Waals surface area contributed by atoms with E-state index in [4.69, 9.17) is 9.47 Å². The van der Waals surface area contributed by atoms with Gasteiger partial charge in [-0.1, -0.05) is 12.1 Å². The van der Waals surface area contributed by atoms with Gasteiger partial charge in [0.15, 0.2) is 11.5 Å². The molecule has 0 N–H and O–H groups in total. The second-order valence-corrected chi connectivity index (χ2v) is 4.33. The minimum Gasteiger partial charge on any atom is -0.497 e. The van der Waals surface area contributed by atoms with Gasteiger partial charge >= 0.3 is 0 Å². The highest BCUT2D eigenvalue weighted by Crippen LogP contribution is 2.16. The Balaban J connectivity index is 1.86. The first kappa shape index (κ1) is 12.7. The maximum Gasteiger partial charge on any atom is 0.197 e. The number of aryl methyl sites for hydroxylation is 1. The first-order valence-corrected chi connectivity index (χ1v) is 6.28. The van der Waals surface area contributed by atoms with Crippen LogP contribution in [0.3, 0.4) is 0 Å². The van der Waals surface area contributed by atoms with Crippen LogP contribution in [-0.4, -0.2) is 19.5 Å². The fourth-order valence-electron chi connectivity index (χ4n) is 1.93. The van der Waals surface area contributed by atoms with Gasteiger partial charge in [0, 0.05) is 6.42 Å². The van der Waals surface area contributed by atoms with Gasteiger partial charge in [0.2, 0.25) is 0 Å². The highest BCUT2D eigenvalue weighted by atomic mass is 16.5. The van der Waals surface area contributed by atoms with Crippen LogP contribution < -0.4 is 4.74 Å². The number of carbonyl (C=O) groups is 1. The van der Waals surface area contributed by atoms with Crippen molar-refractivity contribution in [2.45, 2.75) is 25.7 Å². The molecule has 3 nitrogen and oxygen atoms in total. The molecule has 0 bridgehead atoms. The minimum absolute atomic E-state index is 0.102. The predicted octanol–water partition coefficient (Wildman–Crippen LogP) is 2.89. The summed E-state index contributed by atoms with van der Waals surface area (Å²) in [7, 11) is 1.64. The fraction of sp³-hybridized carbons (Fsp3) is 0.400. The SMILES string of the molecule is COc1ccc(CCC(=O)C2=CCCCO2)cc1. The number of hydrogen-bond donors (Lipinski definition) is 0. The summed E-state index contributed by atoms with van der Waals surface area (Å²) in [5.41, 5.74) is 1.14. The maximum atomic E-state index is 11.9. The molecular formula is C15H18O3. The van der Waals surface area contributed by atoms with Crippen LogP contribution in [0.4, 0.5) is 0 Å². The van der Waals surface area contributed by atoms with Crippen molar-refractivity contribution < 1.29 is 14.3 Å². The number of Topliss-reactive ketones (excluding diaryl/α,β-unsaturated/α-hetero) is 1. The van der Waals surface area contributed by atoms with Gasteiger partial charge in [0.05, 0.1) is 13.7 Å². The van der Waals surface area contributed by atoms with Gasteiger partial charge in [-0.05, 0) is 43.0 Å². The summed E-state index contributed by atoms with van der Waals surface area (Å²) in [6.07, 6.45) is 5.10. The lowest BCUT2D eigenvalue weighted by molar-refractivity contribution is -0.119. The van der Waals surface area contributed by atoms with Crippen molar-refractivity contribution in [1.82, 2.24) is 0 Å². The van der Waals surface area contributed by atoms with Crippen LogP contribution in [0.15, 0.2) is 36.1 Å². The molecule has 0 amide bonds. The molecule has 3 heteroatoms. The first-order chi connectivity index (χ1) is 8.79. The number of hydrogen-bond acceptors (Lipinski definition) is 3. The van der Waals surface area contributed by atoms with Crippen LogP contribution in [-0.2, 0) is 16.0 Å². The second-order valence-electron chi connectivity index (χ2n) is 4.33. The quantitative estimate of drug-likeness (QED) is 0.801. The standard InChI is InChI=1S/C15H18O3/c1-17-13-8-5-12(6-9-13)7-10-14(16)15-4-2-3-11-18-15/h4-6,8-9H,2-3,7,10-11H2,1H3. The molecule has 0 radical (unpaired) electrons. The van der Waals surface area contributed by atoms with E-state index in [1.54, 1.807) is 7.11 Å². The summed E-state index contributed by atoms with van der Waals surface area (Å²) in [5.74, 6) is 1.49. The third-order valence-corrected chi connectivity index (χ3v) is 3.01. The van der Waals surface area contributed by atoms with E-state index in [1.807, 2.05) is 30.3 Å². The van der Waals surface area contributed by atoms with Gasteiger partial charge < -0.3 is 9.47 Å². The Morgan fingerprint density at radius 2 is 2.11 bits per heavy atom. The predicted molar refractivity (Wildman–Crippen MR) is 69.6 cm³/mol. The number of ketones is 1. The molecule has 1 aliphatic rings. The smallest absolute Gasteiger partial charge is 0.197 e. The molecule has 0 fully saturated rings. The third kappa shape index (κ3) is 3.36. The van der Waals surface area contributed by atoms with Crippen LogP contribution in [0.25, 0.3) is 0 Å². The summed E-state index contributed by atoms with van der Waals surface area (Å²) in [6, 6.07) is 7.80. The van der Waals surface area contributed by atoms with Gasteiger partial charge in [0.25, 0.3) is 0 Å². The Hall–Kier alpha value is -1.77. The van der Waals surface area contributed by atoms with Gasteiger partial charge in [0.1, 0.15) is 5.75 Å². The zero-order valence-electron chi connectivity index (χ0n) is 10.6. The van der Waals surface area contributed by atoms with Crippen LogP contribution in [0.5, 0.6) is 5.75 Å². The molecule has 0 atom stereocenters. The summed E-state index contributed by atoms with van der Waals surface area (Å²) < 4.78 is 10.5. The van der Waals surface area contributed by atoms with E-state index in [1.165, 1.54) is 0 Å². The van der Waals surface area contributed by atoms with Crippen LogP contribution in [0.1, 0.15) is 24.8 Å². The number of methoxy groups -OCH3 is 1. The molecule has 0 saturated carbocycles. The highest BCUT2D eigenvalue weighted by molar-refractivity contribution is 5.93. The number of carbonyl (C=O) groups excluding carboxylic acids is 1. The van der Waals surface area contributed by atoms with E-state index in [0.717, 1.165) is 30.6 Å². The van der Waals surface area contributed by atoms with Crippen LogP contribution >= 0.6 is 0 Å². The topological polar surface area (TPSA) is 35.5 Å². The Kier molecular flexibility index (Phi) is 4.40. The molecule has 96 valence electrons. The van der Waals surface area contributed by atoms with E-state index in [-0.39, 0.29) is 5.78 Å². The molecule has 1 aromatic rings. The van der Waals surface area contributed by atoms with Crippen LogP contribution in [0, 0.1) is 0 Å². The molecule has 1 aromatic carbocycles. The lowest BCUT2D eigenvalue weighted by atomic mass is 10.1. The first-order valence-electron chi connectivity index (χ1n) is 6.28. The van der Waals surface area contributed by atoms with E-state index >= 15 is 0 Å². The molecular weight excluding hydrogens is 228 g/mol. The lowest BCUT2D eigenvalue weighted by Gasteiger charge is -2.13. The summed E-state index contributed by atoms with van der Waals surface area (Å²) in [4.78, 5) is 11.9. The summed E-state index contributed by atoms with van der Waals surface area (Å²) >= 11 is 0. The zero-order chi connectivity index (χ0) is 12.8. The van der Waals surface area contributed by atoms with Gasteiger partial charge in [-0.2, -0.15) is 0 Å². The lowest BCUT2D eigenvalue weighted by Crippen LogP contribution is -2.11. The molecule has 0 spiro atoms. The number of benzene rings is 1. The number of ether oxygens (including phenoxy) is 2. The Bertz CT molecular complexity index is 432. The summed E-state index contributed by atoms with van der Waals surface area (Å²) in [5, 5.41) is 0. The Morgan fingerprint density at radius 1 is 1.33 bits per heavy atom. The van der Waals surface area contributed by atoms with Gasteiger partial charge in [-0.25, -0.2) is 0 Å². The van der Waals surface area contributed by atoms with Crippen molar-refractivity contribution in [3.05, 3.63) is 41.7 Å². The number of allylic oxidation sites excluding steroid dienone is 2. The molecule has 0 aliphatic carbocycles. The largest absolute Gasteiger partial charge is 0.497 e. The number of rotatable bonds is 5. The van der Waals surface area contributed by atoms with Gasteiger partial charge in [-0.3, -0.25) is 4.79 Å². The highest BCUT2D eigenvalue weighted by Gasteiger charge is 2.13. The normalized spacial score (nSPS) is 14.6. The monoisotopic (exact) mass is 246 g/mol. The third-order valence-electron chi connectivity index (χ3n) is 3.01. The Labute approximate surface area is 107 Å². The van der Waals surface area contributed by atoms with Crippen molar-refractivity contribution in [3.8, 4) is 5.75 Å². The van der Waals surface area contributed by atoms with Gasteiger partial charge in [-0.15, -0.1) is 0 Å². The molecule has 1 heterocycles.